The smallest absolute Gasteiger partial charge is 0.123 e. The maximum atomic E-state index is 4.33. The van der Waals surface area contributed by atoms with Crippen LogP contribution in [0.5, 0.6) is 0 Å². The van der Waals surface area contributed by atoms with Crippen LogP contribution in [0.1, 0.15) is 12.8 Å². The molecule has 0 N–H and O–H groups in total. The van der Waals surface area contributed by atoms with E-state index >= 15 is 0 Å². The van der Waals surface area contributed by atoms with Crippen molar-refractivity contribution < 1.29 is 0 Å². The molecule has 0 aromatic rings. The first-order valence-electron chi connectivity index (χ1n) is 4.24. The van der Waals surface area contributed by atoms with E-state index in [-0.39, 0.29) is 0 Å². The highest BCUT2D eigenvalue weighted by Crippen LogP contribution is 2.63. The molecule has 2 aliphatic rings. The SMILES string of the molecule is SSC1CCSC2(SCCCS2)S1. The second kappa shape index (κ2) is 5.43. The number of rotatable bonds is 1. The molecule has 1 atom stereocenters. The van der Waals surface area contributed by atoms with Crippen LogP contribution in [0.4, 0.5) is 0 Å². The normalized spacial score (nSPS) is 33.5. The zero-order chi connectivity index (χ0) is 9.15. The van der Waals surface area contributed by atoms with Crippen LogP contribution in [-0.4, -0.2) is 24.6 Å². The summed E-state index contributed by atoms with van der Waals surface area (Å²) < 4.78 is 1.14. The van der Waals surface area contributed by atoms with Crippen molar-refractivity contribution >= 4 is 69.5 Å². The lowest BCUT2D eigenvalue weighted by Gasteiger charge is -2.40. The minimum Gasteiger partial charge on any atom is -0.123 e. The van der Waals surface area contributed by atoms with Gasteiger partial charge >= 0.3 is 0 Å². The zero-order valence-corrected chi connectivity index (χ0v) is 12.1. The van der Waals surface area contributed by atoms with E-state index in [1.807, 2.05) is 0 Å². The van der Waals surface area contributed by atoms with Crippen LogP contribution < -0.4 is 0 Å². The fourth-order valence-electron chi connectivity index (χ4n) is 1.25. The average molecular weight is 289 g/mol. The Morgan fingerprint density at radius 2 is 1.85 bits per heavy atom. The van der Waals surface area contributed by atoms with E-state index in [4.69, 9.17) is 0 Å². The molecule has 1 unspecified atom stereocenters. The Balaban J connectivity index is 1.95. The molecule has 0 aliphatic carbocycles. The molecule has 6 heteroatoms. The van der Waals surface area contributed by atoms with Crippen LogP contribution in [0, 0.1) is 0 Å². The van der Waals surface area contributed by atoms with Crippen molar-refractivity contribution in [3.05, 3.63) is 0 Å². The van der Waals surface area contributed by atoms with Gasteiger partial charge in [0.2, 0.25) is 0 Å². The molecule has 13 heavy (non-hydrogen) atoms. The van der Waals surface area contributed by atoms with Crippen LogP contribution >= 0.6 is 69.5 Å². The van der Waals surface area contributed by atoms with Gasteiger partial charge in [0, 0.05) is 0 Å². The Labute approximate surface area is 106 Å². The molecule has 0 radical (unpaired) electrons. The molecule has 2 rings (SSSR count). The number of hydrogen-bond donors (Lipinski definition) is 1. The molecule has 0 saturated carbocycles. The molecule has 76 valence electrons. The lowest BCUT2D eigenvalue weighted by Crippen LogP contribution is -2.24. The van der Waals surface area contributed by atoms with Crippen molar-refractivity contribution in [3.63, 3.8) is 0 Å². The summed E-state index contributed by atoms with van der Waals surface area (Å²) in [5.41, 5.74) is 0. The first kappa shape index (κ1) is 11.6. The van der Waals surface area contributed by atoms with Gasteiger partial charge in [0.1, 0.15) is 0 Å². The fourth-order valence-corrected chi connectivity index (χ4v) is 11.2. The summed E-state index contributed by atoms with van der Waals surface area (Å²) in [6.45, 7) is 0. The Hall–Kier alpha value is 2.10. The Morgan fingerprint density at radius 1 is 1.15 bits per heavy atom. The number of thiol groups is 1. The zero-order valence-electron chi connectivity index (χ0n) is 7.10. The number of thioether (sulfide) groups is 4. The average Bonchev–Trinajstić information content (AvgIpc) is 2.19. The molecule has 1 spiro atoms. The monoisotopic (exact) mass is 288 g/mol. The first-order valence-corrected chi connectivity index (χ1v) is 10.0. The summed E-state index contributed by atoms with van der Waals surface area (Å²) in [6.07, 6.45) is 2.70. The first-order chi connectivity index (χ1) is 6.35. The molecule has 2 aliphatic heterocycles. The highest BCUT2D eigenvalue weighted by atomic mass is 33.1. The third-order valence-electron chi connectivity index (χ3n) is 1.87. The predicted molar refractivity (Wildman–Crippen MR) is 77.3 cm³/mol. The van der Waals surface area contributed by atoms with Crippen molar-refractivity contribution in [1.82, 2.24) is 0 Å². The molecule has 0 aromatic heterocycles. The van der Waals surface area contributed by atoms with Crippen LogP contribution in [0.15, 0.2) is 0 Å². The van der Waals surface area contributed by atoms with Crippen molar-refractivity contribution in [2.24, 2.45) is 0 Å². The van der Waals surface area contributed by atoms with Crippen LogP contribution in [0.25, 0.3) is 0 Å². The Kier molecular flexibility index (Phi) is 4.84. The Morgan fingerprint density at radius 3 is 2.54 bits per heavy atom. The van der Waals surface area contributed by atoms with E-state index < -0.39 is 0 Å². The summed E-state index contributed by atoms with van der Waals surface area (Å²) in [5, 5.41) is 0. The van der Waals surface area contributed by atoms with Gasteiger partial charge in [-0.25, -0.2) is 0 Å². The second-order valence-corrected chi connectivity index (χ2v) is 11.4. The molecular weight excluding hydrogens is 276 g/mol. The van der Waals surface area contributed by atoms with Gasteiger partial charge in [0.25, 0.3) is 0 Å². The molecule has 0 amide bonds. The van der Waals surface area contributed by atoms with Crippen molar-refractivity contribution in [2.75, 3.05) is 17.3 Å². The van der Waals surface area contributed by atoms with E-state index in [9.17, 15) is 0 Å². The highest BCUT2D eigenvalue weighted by Gasteiger charge is 2.40. The molecule has 2 heterocycles. The van der Waals surface area contributed by atoms with Crippen LogP contribution in [0.3, 0.4) is 0 Å². The van der Waals surface area contributed by atoms with E-state index in [0.717, 1.165) is 0 Å². The van der Waals surface area contributed by atoms with Gasteiger partial charge in [-0.1, -0.05) is 10.8 Å². The van der Waals surface area contributed by atoms with Gasteiger partial charge in [-0.2, -0.15) is 0 Å². The minimum atomic E-state index is 0.427. The van der Waals surface area contributed by atoms with Gasteiger partial charge in [-0.15, -0.1) is 58.7 Å². The highest BCUT2D eigenvalue weighted by molar-refractivity contribution is 8.71. The fraction of sp³-hybridized carbons (Fsp3) is 1.00. The van der Waals surface area contributed by atoms with Crippen molar-refractivity contribution in [2.45, 2.75) is 20.2 Å². The van der Waals surface area contributed by atoms with Crippen molar-refractivity contribution in [3.8, 4) is 0 Å². The lowest BCUT2D eigenvalue weighted by molar-refractivity contribution is 1.06. The van der Waals surface area contributed by atoms with Crippen molar-refractivity contribution in [1.29, 1.82) is 0 Å². The topological polar surface area (TPSA) is 0 Å². The quantitative estimate of drug-likeness (QED) is 0.564. The van der Waals surface area contributed by atoms with Crippen LogP contribution in [0.2, 0.25) is 0 Å². The summed E-state index contributed by atoms with van der Waals surface area (Å²) in [4.78, 5) is 0. The van der Waals surface area contributed by atoms with Gasteiger partial charge in [-0.05, 0) is 30.1 Å². The van der Waals surface area contributed by atoms with Gasteiger partial charge in [-0.3, -0.25) is 0 Å². The van der Waals surface area contributed by atoms with E-state index in [2.05, 4.69) is 58.7 Å². The third-order valence-corrected chi connectivity index (χ3v) is 11.4. The van der Waals surface area contributed by atoms with Gasteiger partial charge in [0.15, 0.2) is 2.74 Å². The largest absolute Gasteiger partial charge is 0.154 e. The van der Waals surface area contributed by atoms with Gasteiger partial charge < -0.3 is 0 Å². The Bertz CT molecular complexity index is 161. The molecule has 0 aromatic carbocycles. The van der Waals surface area contributed by atoms with E-state index in [1.54, 1.807) is 10.8 Å². The predicted octanol–water partition coefficient (Wildman–Crippen LogP) is 4.24. The maximum absolute atomic E-state index is 4.33. The molecule has 0 nitrogen and oxygen atoms in total. The molecule has 0 bridgehead atoms. The summed E-state index contributed by atoms with van der Waals surface area (Å²) in [6, 6.07) is 0. The second-order valence-electron chi connectivity index (χ2n) is 2.84. The third kappa shape index (κ3) is 3.03. The summed E-state index contributed by atoms with van der Waals surface area (Å²) in [5.74, 6) is 4.00. The standard InChI is InChI=1S/C7H12S6/c8-13-6-2-5-11-7(12-6)9-3-1-4-10-7/h6,8H,1-5H2. The van der Waals surface area contributed by atoms with E-state index in [1.165, 1.54) is 30.1 Å². The van der Waals surface area contributed by atoms with E-state index in [0.29, 0.717) is 7.33 Å². The summed E-state index contributed by atoms with van der Waals surface area (Å²) >= 11 is 12.9. The molecular formula is C7H12S6. The summed E-state index contributed by atoms with van der Waals surface area (Å²) in [7, 11) is 1.73. The maximum Gasteiger partial charge on any atom is 0.154 e. The van der Waals surface area contributed by atoms with Gasteiger partial charge in [0.05, 0.1) is 4.58 Å². The lowest BCUT2D eigenvalue weighted by atomic mass is 10.6. The molecule has 2 fully saturated rings. The number of hydrogen-bond acceptors (Lipinski definition) is 6. The molecule has 2 saturated heterocycles. The van der Waals surface area contributed by atoms with Crippen LogP contribution in [-0.2, 0) is 0 Å². The minimum absolute atomic E-state index is 0.427.